The second-order valence-corrected chi connectivity index (χ2v) is 4.39. The molecule has 16 heavy (non-hydrogen) atoms. The van der Waals surface area contributed by atoms with E-state index in [1.165, 1.54) is 12.8 Å². The zero-order valence-corrected chi connectivity index (χ0v) is 9.40. The number of hydrogen-bond acceptors (Lipinski definition) is 3. The molecule has 0 amide bonds. The fraction of sp³-hybridized carbons (Fsp3) is 0.500. The molecule has 4 nitrogen and oxygen atoms in total. The molecule has 1 aromatic carbocycles. The number of benzene rings is 1. The second kappa shape index (κ2) is 4.61. The highest BCUT2D eigenvalue weighted by atomic mass is 16.6. The molecule has 0 spiro atoms. The van der Waals surface area contributed by atoms with Crippen molar-refractivity contribution < 1.29 is 4.92 Å². The van der Waals surface area contributed by atoms with Crippen molar-refractivity contribution in [2.75, 3.05) is 6.54 Å². The van der Waals surface area contributed by atoms with Crippen molar-refractivity contribution in [1.29, 1.82) is 0 Å². The minimum Gasteiger partial charge on any atom is -0.312 e. The minimum absolute atomic E-state index is 0.214. The summed E-state index contributed by atoms with van der Waals surface area (Å²) in [5, 5.41) is 14.1. The lowest BCUT2D eigenvalue weighted by atomic mass is 10.1. The molecule has 86 valence electrons. The van der Waals surface area contributed by atoms with Gasteiger partial charge < -0.3 is 5.32 Å². The van der Waals surface area contributed by atoms with Crippen LogP contribution in [0, 0.1) is 23.0 Å². The normalized spacial score (nSPS) is 15.1. The van der Waals surface area contributed by atoms with E-state index in [0.717, 1.165) is 30.1 Å². The molecular formula is C12H16N2O2. The highest BCUT2D eigenvalue weighted by Crippen LogP contribution is 2.28. The predicted octanol–water partition coefficient (Wildman–Crippen LogP) is 2.40. The number of nitrogens with one attached hydrogen (secondary N) is 1. The van der Waals surface area contributed by atoms with Crippen LogP contribution in [0.3, 0.4) is 0 Å². The van der Waals surface area contributed by atoms with Gasteiger partial charge in [0.1, 0.15) is 0 Å². The Kier molecular flexibility index (Phi) is 3.19. The molecule has 1 fully saturated rings. The highest BCUT2D eigenvalue weighted by Gasteiger charge is 2.20. The zero-order valence-electron chi connectivity index (χ0n) is 9.40. The van der Waals surface area contributed by atoms with Gasteiger partial charge in [0.25, 0.3) is 5.69 Å². The Morgan fingerprint density at radius 3 is 2.88 bits per heavy atom. The molecule has 0 heterocycles. The van der Waals surface area contributed by atoms with Crippen molar-refractivity contribution in [2.45, 2.75) is 26.3 Å². The van der Waals surface area contributed by atoms with Crippen molar-refractivity contribution in [3.63, 3.8) is 0 Å². The molecule has 1 aromatic rings. The molecule has 0 unspecified atom stereocenters. The van der Waals surface area contributed by atoms with Crippen LogP contribution in [0.4, 0.5) is 5.69 Å². The monoisotopic (exact) mass is 220 g/mol. The van der Waals surface area contributed by atoms with E-state index in [9.17, 15) is 10.1 Å². The summed E-state index contributed by atoms with van der Waals surface area (Å²) < 4.78 is 0. The van der Waals surface area contributed by atoms with E-state index in [4.69, 9.17) is 0 Å². The number of nitro groups is 1. The molecular weight excluding hydrogens is 204 g/mol. The summed E-state index contributed by atoms with van der Waals surface area (Å²) in [4.78, 5) is 10.4. The smallest absolute Gasteiger partial charge is 0.272 e. The van der Waals surface area contributed by atoms with Gasteiger partial charge in [-0.25, -0.2) is 0 Å². The molecule has 0 atom stereocenters. The van der Waals surface area contributed by atoms with Gasteiger partial charge in [0.15, 0.2) is 0 Å². The molecule has 4 heteroatoms. The van der Waals surface area contributed by atoms with Gasteiger partial charge in [0.05, 0.1) is 4.92 Å². The quantitative estimate of drug-likeness (QED) is 0.612. The molecule has 0 saturated heterocycles. The summed E-state index contributed by atoms with van der Waals surface area (Å²) in [6.45, 7) is 3.57. The summed E-state index contributed by atoms with van der Waals surface area (Å²) in [5.41, 5.74) is 2.01. The van der Waals surface area contributed by atoms with E-state index < -0.39 is 0 Å². The Balaban J connectivity index is 2.01. The van der Waals surface area contributed by atoms with E-state index in [2.05, 4.69) is 5.32 Å². The van der Waals surface area contributed by atoms with Crippen LogP contribution in [-0.2, 0) is 6.54 Å². The maximum Gasteiger partial charge on any atom is 0.272 e. The van der Waals surface area contributed by atoms with E-state index >= 15 is 0 Å². The maximum absolute atomic E-state index is 10.8. The SMILES string of the molecule is Cc1c(CNCC2CC2)cccc1[N+](=O)[O-]. The van der Waals surface area contributed by atoms with Gasteiger partial charge in [0, 0.05) is 18.2 Å². The van der Waals surface area contributed by atoms with Crippen LogP contribution in [0.5, 0.6) is 0 Å². The average Bonchev–Trinajstić information content (AvgIpc) is 3.04. The van der Waals surface area contributed by atoms with Crippen molar-refractivity contribution in [3.8, 4) is 0 Å². The molecule has 0 radical (unpaired) electrons. The molecule has 1 N–H and O–H groups in total. The Bertz CT molecular complexity index is 400. The molecule has 1 aliphatic rings. The van der Waals surface area contributed by atoms with Gasteiger partial charge in [-0.3, -0.25) is 10.1 Å². The molecule has 0 aromatic heterocycles. The van der Waals surface area contributed by atoms with Crippen molar-refractivity contribution in [3.05, 3.63) is 39.4 Å². The largest absolute Gasteiger partial charge is 0.312 e. The van der Waals surface area contributed by atoms with Crippen LogP contribution in [0.2, 0.25) is 0 Å². The second-order valence-electron chi connectivity index (χ2n) is 4.39. The Morgan fingerprint density at radius 1 is 1.50 bits per heavy atom. The van der Waals surface area contributed by atoms with Gasteiger partial charge in [0.2, 0.25) is 0 Å². The number of hydrogen-bond donors (Lipinski definition) is 1. The highest BCUT2D eigenvalue weighted by molar-refractivity contribution is 5.44. The molecule has 0 bridgehead atoms. The zero-order chi connectivity index (χ0) is 11.5. The summed E-state index contributed by atoms with van der Waals surface area (Å²) >= 11 is 0. The molecule has 1 aliphatic carbocycles. The fourth-order valence-electron chi connectivity index (χ4n) is 1.79. The third-order valence-corrected chi connectivity index (χ3v) is 3.06. The topological polar surface area (TPSA) is 55.2 Å². The van der Waals surface area contributed by atoms with E-state index in [-0.39, 0.29) is 10.6 Å². The fourth-order valence-corrected chi connectivity index (χ4v) is 1.79. The van der Waals surface area contributed by atoms with Crippen LogP contribution in [0.1, 0.15) is 24.0 Å². The third kappa shape index (κ3) is 2.58. The first-order valence-corrected chi connectivity index (χ1v) is 5.62. The standard InChI is InChI=1S/C12H16N2O2/c1-9-11(8-13-7-10-5-6-10)3-2-4-12(9)14(15)16/h2-4,10,13H,5-8H2,1H3. The summed E-state index contributed by atoms with van der Waals surface area (Å²) in [5.74, 6) is 0.832. The molecule has 0 aliphatic heterocycles. The first-order chi connectivity index (χ1) is 7.68. The van der Waals surface area contributed by atoms with Crippen molar-refractivity contribution >= 4 is 5.69 Å². The maximum atomic E-state index is 10.8. The average molecular weight is 220 g/mol. The van der Waals surface area contributed by atoms with Crippen molar-refractivity contribution in [2.24, 2.45) is 5.92 Å². The first kappa shape index (κ1) is 11.1. The third-order valence-electron chi connectivity index (χ3n) is 3.06. The molecule has 1 saturated carbocycles. The van der Waals surface area contributed by atoms with E-state index in [1.807, 2.05) is 13.0 Å². The first-order valence-electron chi connectivity index (χ1n) is 5.62. The summed E-state index contributed by atoms with van der Waals surface area (Å²) in [6, 6.07) is 5.25. The summed E-state index contributed by atoms with van der Waals surface area (Å²) in [7, 11) is 0. The van der Waals surface area contributed by atoms with Crippen LogP contribution in [-0.4, -0.2) is 11.5 Å². The lowest BCUT2D eigenvalue weighted by Gasteiger charge is -2.07. The van der Waals surface area contributed by atoms with Crippen molar-refractivity contribution in [1.82, 2.24) is 5.32 Å². The Morgan fingerprint density at radius 2 is 2.25 bits per heavy atom. The minimum atomic E-state index is -0.320. The predicted molar refractivity (Wildman–Crippen MR) is 62.3 cm³/mol. The summed E-state index contributed by atoms with van der Waals surface area (Å²) in [6.07, 6.45) is 2.64. The van der Waals surface area contributed by atoms with Gasteiger partial charge >= 0.3 is 0 Å². The lowest BCUT2D eigenvalue weighted by Crippen LogP contribution is -2.17. The van der Waals surface area contributed by atoms with Gasteiger partial charge in [-0.05, 0) is 37.8 Å². The number of nitrogens with zero attached hydrogens (tertiary/aromatic N) is 1. The van der Waals surface area contributed by atoms with E-state index in [0.29, 0.717) is 0 Å². The van der Waals surface area contributed by atoms with Crippen LogP contribution < -0.4 is 5.32 Å². The van der Waals surface area contributed by atoms with Crippen LogP contribution >= 0.6 is 0 Å². The van der Waals surface area contributed by atoms with Gasteiger partial charge in [-0.15, -0.1) is 0 Å². The van der Waals surface area contributed by atoms with Gasteiger partial charge in [-0.2, -0.15) is 0 Å². The van der Waals surface area contributed by atoms with E-state index in [1.54, 1.807) is 12.1 Å². The number of nitro benzene ring substituents is 1. The van der Waals surface area contributed by atoms with Crippen LogP contribution in [0.25, 0.3) is 0 Å². The molecule has 2 rings (SSSR count). The Hall–Kier alpha value is -1.42. The van der Waals surface area contributed by atoms with Crippen LogP contribution in [0.15, 0.2) is 18.2 Å². The van der Waals surface area contributed by atoms with Gasteiger partial charge in [-0.1, -0.05) is 12.1 Å². The lowest BCUT2D eigenvalue weighted by molar-refractivity contribution is -0.385. The number of rotatable bonds is 5. The Labute approximate surface area is 94.8 Å².